The molecule has 62 valence electrons. The Morgan fingerprint density at radius 2 is 2.18 bits per heavy atom. The number of aliphatic carboxylic acids is 1. The van der Waals surface area contributed by atoms with Crippen LogP contribution in [0.5, 0.6) is 0 Å². The van der Waals surface area contributed by atoms with Crippen LogP contribution in [0.2, 0.25) is 0 Å². The second kappa shape index (κ2) is 4.73. The molecule has 0 aliphatic carbocycles. The van der Waals surface area contributed by atoms with E-state index in [1.54, 1.807) is 6.92 Å². The predicted molar refractivity (Wildman–Crippen MR) is 35.6 cm³/mol. The highest BCUT2D eigenvalue weighted by atomic mass is 35.5. The highest BCUT2D eigenvalue weighted by Gasteiger charge is 2.05. The van der Waals surface area contributed by atoms with Gasteiger partial charge >= 0.3 is 5.97 Å². The van der Waals surface area contributed by atoms with Gasteiger partial charge in [0.1, 0.15) is 5.03 Å². The van der Waals surface area contributed by atoms with Gasteiger partial charge in [-0.25, -0.2) is 4.79 Å². The number of hydrogen-bond donors (Lipinski definition) is 0. The summed E-state index contributed by atoms with van der Waals surface area (Å²) in [6, 6.07) is 0. The Balaban J connectivity index is 4.12. The molecule has 0 atom stereocenters. The molecule has 0 unspecified atom stereocenters. The van der Waals surface area contributed by atoms with E-state index in [4.69, 9.17) is 11.6 Å². The molecule has 0 rings (SSSR count). The fourth-order valence-electron chi connectivity index (χ4n) is 0.362. The highest BCUT2D eigenvalue weighted by Crippen LogP contribution is 2.02. The Bertz CT molecular complexity index is 197. The lowest BCUT2D eigenvalue weighted by atomic mass is 10.5. The third-order valence-electron chi connectivity index (χ3n) is 0.715. The van der Waals surface area contributed by atoms with Crippen LogP contribution in [0.25, 0.3) is 0 Å². The van der Waals surface area contributed by atoms with E-state index >= 15 is 0 Å². The van der Waals surface area contributed by atoms with Crippen LogP contribution < -0.4 is 5.11 Å². The molecule has 0 bridgehead atoms. The van der Waals surface area contributed by atoms with E-state index in [0.29, 0.717) is 6.08 Å². The molecule has 0 aliphatic rings. The summed E-state index contributed by atoms with van der Waals surface area (Å²) in [5.41, 5.74) is 0. The first kappa shape index (κ1) is 9.97. The van der Waals surface area contributed by atoms with E-state index in [2.05, 4.69) is 4.74 Å². The van der Waals surface area contributed by atoms with Crippen LogP contribution >= 0.6 is 11.6 Å². The molecule has 0 radical (unpaired) electrons. The van der Waals surface area contributed by atoms with Gasteiger partial charge in [0, 0.05) is 0 Å². The summed E-state index contributed by atoms with van der Waals surface area (Å²) in [4.78, 5) is 20.4. The number of hydrogen-bond acceptors (Lipinski definition) is 4. The molecule has 0 spiro atoms. The molecule has 0 aromatic heterocycles. The minimum atomic E-state index is -1.52. The fraction of sp³-hybridized carbons (Fsp3) is 0.333. The summed E-state index contributed by atoms with van der Waals surface area (Å²) in [6.45, 7) is 1.73. The van der Waals surface area contributed by atoms with Crippen LogP contribution in [-0.2, 0) is 14.3 Å². The van der Waals surface area contributed by atoms with Crippen molar-refractivity contribution < 1.29 is 19.4 Å². The van der Waals surface area contributed by atoms with Crippen LogP contribution in [0.4, 0.5) is 0 Å². The zero-order chi connectivity index (χ0) is 8.85. The van der Waals surface area contributed by atoms with Gasteiger partial charge in [-0.1, -0.05) is 11.6 Å². The van der Waals surface area contributed by atoms with Crippen LogP contribution in [0.1, 0.15) is 6.92 Å². The number of rotatable bonds is 3. The molecule has 0 aromatic rings. The fourth-order valence-corrected chi connectivity index (χ4v) is 0.506. The zero-order valence-electron chi connectivity index (χ0n) is 5.80. The standard InChI is InChI=1S/C6H7ClO4/c1-2-11-6(10)4(7)3-5(8)9/h3H,2H2,1H3,(H,8,9)/p-1/b4-3-. The summed E-state index contributed by atoms with van der Waals surface area (Å²) < 4.78 is 4.37. The summed E-state index contributed by atoms with van der Waals surface area (Å²) >= 11 is 5.17. The van der Waals surface area contributed by atoms with Crippen molar-refractivity contribution in [2.75, 3.05) is 6.61 Å². The molecule has 5 heteroatoms. The summed E-state index contributed by atoms with van der Waals surface area (Å²) in [5, 5.41) is 9.35. The van der Waals surface area contributed by atoms with Gasteiger partial charge in [-0.2, -0.15) is 0 Å². The van der Waals surface area contributed by atoms with Crippen LogP contribution in [0.15, 0.2) is 11.1 Å². The number of halogens is 1. The lowest BCUT2D eigenvalue weighted by molar-refractivity contribution is -0.297. The van der Waals surface area contributed by atoms with Crippen molar-refractivity contribution in [2.24, 2.45) is 0 Å². The van der Waals surface area contributed by atoms with E-state index in [9.17, 15) is 14.7 Å². The number of esters is 1. The minimum absolute atomic E-state index is 0.149. The van der Waals surface area contributed by atoms with E-state index < -0.39 is 17.0 Å². The first-order valence-electron chi connectivity index (χ1n) is 2.83. The molecular weight excluding hydrogens is 172 g/mol. The molecule has 0 heterocycles. The van der Waals surface area contributed by atoms with Crippen LogP contribution in [-0.4, -0.2) is 18.5 Å². The van der Waals surface area contributed by atoms with Crippen molar-refractivity contribution in [3.63, 3.8) is 0 Å². The number of carboxylic acid groups (broad SMARTS) is 1. The SMILES string of the molecule is CCOC(=O)/C(Cl)=C/C(=O)[O-]. The number of carboxylic acids is 1. The maximum absolute atomic E-state index is 10.6. The average molecular weight is 178 g/mol. The van der Waals surface area contributed by atoms with Crippen molar-refractivity contribution in [2.45, 2.75) is 6.92 Å². The molecule has 0 N–H and O–H groups in total. The molecule has 0 aromatic carbocycles. The second-order valence-electron chi connectivity index (χ2n) is 1.53. The van der Waals surface area contributed by atoms with Gasteiger partial charge in [-0.15, -0.1) is 0 Å². The summed E-state index contributed by atoms with van der Waals surface area (Å²) in [5.74, 6) is -2.39. The van der Waals surface area contributed by atoms with Crippen LogP contribution in [0, 0.1) is 0 Å². The largest absolute Gasteiger partial charge is 0.545 e. The molecule has 0 fully saturated rings. The maximum Gasteiger partial charge on any atom is 0.349 e. The summed E-state index contributed by atoms with van der Waals surface area (Å²) in [7, 11) is 0. The maximum atomic E-state index is 10.6. The van der Waals surface area contributed by atoms with Gasteiger partial charge in [-0.05, 0) is 13.0 Å². The number of ether oxygens (including phenoxy) is 1. The Labute approximate surface area is 68.4 Å². The van der Waals surface area contributed by atoms with Crippen molar-refractivity contribution in [1.29, 1.82) is 0 Å². The molecule has 0 saturated heterocycles. The van der Waals surface area contributed by atoms with E-state index in [1.165, 1.54) is 0 Å². The Kier molecular flexibility index (Phi) is 4.29. The van der Waals surface area contributed by atoms with Gasteiger partial charge in [0.2, 0.25) is 0 Å². The van der Waals surface area contributed by atoms with E-state index in [-0.39, 0.29) is 6.61 Å². The van der Waals surface area contributed by atoms with Crippen LogP contribution in [0.3, 0.4) is 0 Å². The van der Waals surface area contributed by atoms with Gasteiger partial charge < -0.3 is 14.6 Å². The Morgan fingerprint density at radius 1 is 1.64 bits per heavy atom. The van der Waals surface area contributed by atoms with Crippen molar-refractivity contribution in [3.05, 3.63) is 11.1 Å². The molecule has 11 heavy (non-hydrogen) atoms. The summed E-state index contributed by atoms with van der Waals surface area (Å²) in [6.07, 6.45) is 0.472. The van der Waals surface area contributed by atoms with Gasteiger partial charge in [0.25, 0.3) is 0 Å². The Hall–Kier alpha value is -1.03. The average Bonchev–Trinajstić information content (AvgIpc) is 1.86. The minimum Gasteiger partial charge on any atom is -0.545 e. The molecule has 0 aliphatic heterocycles. The quantitative estimate of drug-likeness (QED) is 0.428. The van der Waals surface area contributed by atoms with Crippen molar-refractivity contribution >= 4 is 23.5 Å². The zero-order valence-corrected chi connectivity index (χ0v) is 6.55. The van der Waals surface area contributed by atoms with Gasteiger partial charge in [-0.3, -0.25) is 0 Å². The first-order valence-corrected chi connectivity index (χ1v) is 3.21. The topological polar surface area (TPSA) is 66.4 Å². The number of carbonyl (C=O) groups excluding carboxylic acids is 2. The Morgan fingerprint density at radius 3 is 2.55 bits per heavy atom. The van der Waals surface area contributed by atoms with E-state index in [1.807, 2.05) is 0 Å². The van der Waals surface area contributed by atoms with Crippen molar-refractivity contribution in [1.82, 2.24) is 0 Å². The monoisotopic (exact) mass is 177 g/mol. The van der Waals surface area contributed by atoms with Crippen molar-refractivity contribution in [3.8, 4) is 0 Å². The third-order valence-corrected chi connectivity index (χ3v) is 0.978. The predicted octanol–water partition coefficient (Wildman–Crippen LogP) is -0.578. The van der Waals surface area contributed by atoms with E-state index in [0.717, 1.165) is 0 Å². The van der Waals surface area contributed by atoms with Gasteiger partial charge in [0.15, 0.2) is 0 Å². The molecule has 0 amide bonds. The second-order valence-corrected chi connectivity index (χ2v) is 1.94. The smallest absolute Gasteiger partial charge is 0.349 e. The third kappa shape index (κ3) is 4.38. The molecule has 0 saturated carbocycles. The van der Waals surface area contributed by atoms with Gasteiger partial charge in [0.05, 0.1) is 12.6 Å². The highest BCUT2D eigenvalue weighted by molar-refractivity contribution is 6.42. The molecular formula is C6H6ClO4-. The lowest BCUT2D eigenvalue weighted by Gasteiger charge is -1.99. The normalized spacial score (nSPS) is 10.9. The molecule has 4 nitrogen and oxygen atoms in total. The number of carbonyl (C=O) groups is 2. The lowest BCUT2D eigenvalue weighted by Crippen LogP contribution is -2.20. The first-order chi connectivity index (χ1) is 5.07.